The number of rotatable bonds is 5. The number of benzene rings is 1. The maximum absolute atomic E-state index is 8.93. The normalized spacial score (nSPS) is 11.3. The van der Waals surface area contributed by atoms with E-state index in [2.05, 4.69) is 49.5 Å². The second kappa shape index (κ2) is 5.72. The fraction of sp³-hybridized carbons (Fsp3) is 0.533. The molecule has 1 N–H and O–H groups in total. The molecule has 0 spiro atoms. The largest absolute Gasteiger partial charge is 0.385 e. The summed E-state index contributed by atoms with van der Waals surface area (Å²) in [6.45, 7) is 9.16. The molecular weight excluding hydrogens is 208 g/mol. The fourth-order valence-electron chi connectivity index (χ4n) is 1.58. The standard InChI is InChI=1S/C15H22N2/c1-12(2)13-6-5-7-14(10-13)17-9-8-15(3,4)11-16/h5-7,10,12,17H,8-9H2,1-4H3. The first-order chi connectivity index (χ1) is 7.94. The molecule has 0 radical (unpaired) electrons. The number of hydrogen-bond acceptors (Lipinski definition) is 2. The Bertz CT molecular complexity index is 400. The van der Waals surface area contributed by atoms with E-state index >= 15 is 0 Å². The lowest BCUT2D eigenvalue weighted by molar-refractivity contribution is 0.466. The lowest BCUT2D eigenvalue weighted by Crippen LogP contribution is -2.14. The summed E-state index contributed by atoms with van der Waals surface area (Å²) in [6.07, 6.45) is 0.857. The van der Waals surface area contributed by atoms with E-state index in [1.54, 1.807) is 0 Å². The van der Waals surface area contributed by atoms with Crippen molar-refractivity contribution in [2.24, 2.45) is 5.41 Å². The molecule has 0 aliphatic heterocycles. The van der Waals surface area contributed by atoms with Crippen LogP contribution >= 0.6 is 0 Å². The highest BCUT2D eigenvalue weighted by molar-refractivity contribution is 5.46. The average molecular weight is 230 g/mol. The maximum atomic E-state index is 8.93. The van der Waals surface area contributed by atoms with E-state index in [-0.39, 0.29) is 5.41 Å². The molecule has 2 nitrogen and oxygen atoms in total. The van der Waals surface area contributed by atoms with Crippen molar-refractivity contribution in [1.29, 1.82) is 5.26 Å². The van der Waals surface area contributed by atoms with Gasteiger partial charge in [-0.15, -0.1) is 0 Å². The zero-order valence-corrected chi connectivity index (χ0v) is 11.2. The number of nitriles is 1. The molecule has 0 aliphatic rings. The summed E-state index contributed by atoms with van der Waals surface area (Å²) >= 11 is 0. The number of nitrogens with zero attached hydrogens (tertiary/aromatic N) is 1. The summed E-state index contributed by atoms with van der Waals surface area (Å²) in [5.41, 5.74) is 2.24. The van der Waals surface area contributed by atoms with Crippen molar-refractivity contribution < 1.29 is 0 Å². The molecule has 1 aromatic carbocycles. The Balaban J connectivity index is 2.53. The predicted octanol–water partition coefficient (Wildman–Crippen LogP) is 4.16. The first-order valence-electron chi connectivity index (χ1n) is 6.20. The summed E-state index contributed by atoms with van der Waals surface area (Å²) in [5.74, 6) is 0.548. The third-order valence-corrected chi connectivity index (χ3v) is 2.94. The molecule has 0 saturated heterocycles. The highest BCUT2D eigenvalue weighted by Gasteiger charge is 2.15. The molecule has 0 unspecified atom stereocenters. The van der Waals surface area contributed by atoms with Crippen LogP contribution in [0.4, 0.5) is 5.69 Å². The van der Waals surface area contributed by atoms with Crippen molar-refractivity contribution in [1.82, 2.24) is 0 Å². The van der Waals surface area contributed by atoms with Crippen LogP contribution in [0.1, 0.15) is 45.6 Å². The molecule has 0 bridgehead atoms. The molecular formula is C15H22N2. The van der Waals surface area contributed by atoms with Crippen molar-refractivity contribution in [3.8, 4) is 6.07 Å². The minimum Gasteiger partial charge on any atom is -0.385 e. The fourth-order valence-corrected chi connectivity index (χ4v) is 1.58. The summed E-state index contributed by atoms with van der Waals surface area (Å²) in [7, 11) is 0. The molecule has 1 aromatic rings. The summed E-state index contributed by atoms with van der Waals surface area (Å²) in [6, 6.07) is 10.8. The first kappa shape index (κ1) is 13.6. The van der Waals surface area contributed by atoms with Gasteiger partial charge in [-0.2, -0.15) is 5.26 Å². The molecule has 0 amide bonds. The van der Waals surface area contributed by atoms with Crippen LogP contribution in [0, 0.1) is 16.7 Å². The van der Waals surface area contributed by atoms with Crippen LogP contribution in [0.5, 0.6) is 0 Å². The van der Waals surface area contributed by atoms with Gasteiger partial charge in [0.2, 0.25) is 0 Å². The van der Waals surface area contributed by atoms with Gasteiger partial charge in [0.15, 0.2) is 0 Å². The summed E-state index contributed by atoms with van der Waals surface area (Å²) < 4.78 is 0. The Kier molecular flexibility index (Phi) is 4.57. The zero-order chi connectivity index (χ0) is 12.9. The molecule has 92 valence electrons. The quantitative estimate of drug-likeness (QED) is 0.824. The Morgan fingerprint density at radius 1 is 1.35 bits per heavy atom. The Morgan fingerprint density at radius 2 is 2.06 bits per heavy atom. The van der Waals surface area contributed by atoms with Gasteiger partial charge in [0, 0.05) is 12.2 Å². The van der Waals surface area contributed by atoms with E-state index < -0.39 is 0 Å². The molecule has 2 heteroatoms. The van der Waals surface area contributed by atoms with E-state index in [4.69, 9.17) is 5.26 Å². The summed E-state index contributed by atoms with van der Waals surface area (Å²) in [4.78, 5) is 0. The number of anilines is 1. The molecule has 0 atom stereocenters. The van der Waals surface area contributed by atoms with Gasteiger partial charge in [0.05, 0.1) is 11.5 Å². The van der Waals surface area contributed by atoms with E-state index in [1.165, 1.54) is 5.56 Å². The van der Waals surface area contributed by atoms with Crippen LogP contribution < -0.4 is 5.32 Å². The van der Waals surface area contributed by atoms with Gasteiger partial charge in [0.25, 0.3) is 0 Å². The lowest BCUT2D eigenvalue weighted by Gasteiger charge is -2.16. The Hall–Kier alpha value is -1.49. The molecule has 0 fully saturated rings. The van der Waals surface area contributed by atoms with E-state index in [9.17, 15) is 0 Å². The Labute approximate surface area is 105 Å². The van der Waals surface area contributed by atoms with Gasteiger partial charge in [0.1, 0.15) is 0 Å². The van der Waals surface area contributed by atoms with Gasteiger partial charge in [-0.25, -0.2) is 0 Å². The first-order valence-corrected chi connectivity index (χ1v) is 6.20. The average Bonchev–Trinajstić information content (AvgIpc) is 2.29. The van der Waals surface area contributed by atoms with Crippen molar-refractivity contribution >= 4 is 5.69 Å². The van der Waals surface area contributed by atoms with Gasteiger partial charge in [-0.3, -0.25) is 0 Å². The summed E-state index contributed by atoms with van der Waals surface area (Å²) in [5, 5.41) is 12.3. The van der Waals surface area contributed by atoms with Gasteiger partial charge in [-0.05, 0) is 43.9 Å². The number of hydrogen-bond donors (Lipinski definition) is 1. The topological polar surface area (TPSA) is 35.8 Å². The van der Waals surface area contributed by atoms with Crippen LogP contribution in [0.2, 0.25) is 0 Å². The van der Waals surface area contributed by atoms with Crippen molar-refractivity contribution in [2.75, 3.05) is 11.9 Å². The van der Waals surface area contributed by atoms with Crippen LogP contribution in [-0.2, 0) is 0 Å². The highest BCUT2D eigenvalue weighted by Crippen LogP contribution is 2.21. The second-order valence-corrected chi connectivity index (χ2v) is 5.45. The molecule has 0 heterocycles. The van der Waals surface area contributed by atoms with Gasteiger partial charge < -0.3 is 5.32 Å². The van der Waals surface area contributed by atoms with Crippen LogP contribution in [-0.4, -0.2) is 6.54 Å². The molecule has 1 rings (SSSR count). The molecule has 0 aromatic heterocycles. The Morgan fingerprint density at radius 3 is 2.65 bits per heavy atom. The van der Waals surface area contributed by atoms with Crippen molar-refractivity contribution in [3.05, 3.63) is 29.8 Å². The van der Waals surface area contributed by atoms with E-state index in [0.717, 1.165) is 18.7 Å². The SMILES string of the molecule is CC(C)c1cccc(NCCC(C)(C)C#N)c1. The highest BCUT2D eigenvalue weighted by atomic mass is 14.9. The van der Waals surface area contributed by atoms with Crippen molar-refractivity contribution in [2.45, 2.75) is 40.0 Å². The minimum atomic E-state index is -0.247. The van der Waals surface area contributed by atoms with Crippen LogP contribution in [0.15, 0.2) is 24.3 Å². The molecule has 0 saturated carbocycles. The zero-order valence-electron chi connectivity index (χ0n) is 11.2. The van der Waals surface area contributed by atoms with Gasteiger partial charge >= 0.3 is 0 Å². The van der Waals surface area contributed by atoms with Crippen molar-refractivity contribution in [3.63, 3.8) is 0 Å². The molecule has 17 heavy (non-hydrogen) atoms. The molecule has 0 aliphatic carbocycles. The van der Waals surface area contributed by atoms with E-state index in [0.29, 0.717) is 5.92 Å². The third-order valence-electron chi connectivity index (χ3n) is 2.94. The third kappa shape index (κ3) is 4.48. The number of nitrogens with one attached hydrogen (secondary N) is 1. The lowest BCUT2D eigenvalue weighted by atomic mass is 9.91. The maximum Gasteiger partial charge on any atom is 0.0684 e. The monoisotopic (exact) mass is 230 g/mol. The van der Waals surface area contributed by atoms with E-state index in [1.807, 2.05) is 13.8 Å². The van der Waals surface area contributed by atoms with Crippen LogP contribution in [0.25, 0.3) is 0 Å². The smallest absolute Gasteiger partial charge is 0.0684 e. The van der Waals surface area contributed by atoms with Crippen LogP contribution in [0.3, 0.4) is 0 Å². The van der Waals surface area contributed by atoms with Gasteiger partial charge in [-0.1, -0.05) is 26.0 Å². The minimum absolute atomic E-state index is 0.247. The second-order valence-electron chi connectivity index (χ2n) is 5.45. The predicted molar refractivity (Wildman–Crippen MR) is 73.0 cm³/mol.